The molecule has 4 rings (SSSR count). The molecule has 128 valence electrons. The number of H-pyrrole nitrogens is 1. The van der Waals surface area contributed by atoms with E-state index in [4.69, 9.17) is 4.98 Å². The molecule has 1 aliphatic heterocycles. The van der Waals surface area contributed by atoms with Gasteiger partial charge in [-0.1, -0.05) is 18.2 Å². The molecule has 2 aromatic carbocycles. The number of aromatic amines is 1. The van der Waals surface area contributed by atoms with Crippen molar-refractivity contribution in [1.29, 1.82) is 0 Å². The van der Waals surface area contributed by atoms with Crippen LogP contribution in [0.2, 0.25) is 0 Å². The largest absolute Gasteiger partial charge is 0.378 e. The third-order valence-corrected chi connectivity index (χ3v) is 4.85. The summed E-state index contributed by atoms with van der Waals surface area (Å²) in [6.07, 6.45) is 1.94. The Morgan fingerprint density at radius 2 is 2.04 bits per heavy atom. The van der Waals surface area contributed by atoms with E-state index < -0.39 is 0 Å². The van der Waals surface area contributed by atoms with Crippen LogP contribution in [0.5, 0.6) is 0 Å². The topological polar surface area (TPSA) is 52.2 Å². The van der Waals surface area contributed by atoms with Gasteiger partial charge in [0.05, 0.1) is 17.1 Å². The second kappa shape index (κ2) is 6.24. The standard InChI is InChI=1S/C20H22N4O/c1-23(2)15-8-5-7-14(13-15)20(25)24-12-6-11-18(24)19-21-16-9-3-4-10-17(16)22-19/h3-5,7-10,13,18H,6,11-12H2,1-2H3,(H,21,22)/t18-/m0/s1. The first-order chi connectivity index (χ1) is 12.1. The number of para-hydroxylation sites is 2. The van der Waals surface area contributed by atoms with Crippen LogP contribution in [-0.2, 0) is 0 Å². The van der Waals surface area contributed by atoms with E-state index in [-0.39, 0.29) is 11.9 Å². The van der Waals surface area contributed by atoms with Gasteiger partial charge in [0.1, 0.15) is 5.82 Å². The summed E-state index contributed by atoms with van der Waals surface area (Å²) in [6, 6.07) is 15.8. The molecule has 1 saturated heterocycles. The second-order valence-electron chi connectivity index (χ2n) is 6.74. The number of imidazole rings is 1. The number of amides is 1. The Hall–Kier alpha value is -2.82. The lowest BCUT2D eigenvalue weighted by atomic mass is 10.1. The van der Waals surface area contributed by atoms with E-state index in [2.05, 4.69) is 4.98 Å². The van der Waals surface area contributed by atoms with E-state index in [9.17, 15) is 4.79 Å². The lowest BCUT2D eigenvalue weighted by Gasteiger charge is -2.24. The van der Waals surface area contributed by atoms with Crippen molar-refractivity contribution < 1.29 is 4.79 Å². The predicted octanol–water partition coefficient (Wildman–Crippen LogP) is 3.61. The maximum Gasteiger partial charge on any atom is 0.254 e. The second-order valence-corrected chi connectivity index (χ2v) is 6.74. The summed E-state index contributed by atoms with van der Waals surface area (Å²) < 4.78 is 0. The molecule has 25 heavy (non-hydrogen) atoms. The van der Waals surface area contributed by atoms with E-state index in [1.54, 1.807) is 0 Å². The zero-order valence-electron chi connectivity index (χ0n) is 14.6. The van der Waals surface area contributed by atoms with E-state index in [0.717, 1.165) is 47.5 Å². The monoisotopic (exact) mass is 334 g/mol. The van der Waals surface area contributed by atoms with Crippen molar-refractivity contribution in [3.05, 3.63) is 59.9 Å². The summed E-state index contributed by atoms with van der Waals surface area (Å²) in [5, 5.41) is 0. The van der Waals surface area contributed by atoms with Gasteiger partial charge in [0.2, 0.25) is 0 Å². The average Bonchev–Trinajstić information content (AvgIpc) is 3.27. The quantitative estimate of drug-likeness (QED) is 0.796. The Kier molecular flexibility index (Phi) is 3.92. The number of aromatic nitrogens is 2. The Balaban J connectivity index is 1.64. The number of benzene rings is 2. The normalized spacial score (nSPS) is 17.2. The Morgan fingerprint density at radius 3 is 2.84 bits per heavy atom. The molecule has 1 N–H and O–H groups in total. The summed E-state index contributed by atoms with van der Waals surface area (Å²) in [4.78, 5) is 25.1. The molecule has 1 aromatic heterocycles. The molecule has 0 unspecified atom stereocenters. The van der Waals surface area contributed by atoms with Crippen molar-refractivity contribution in [3.63, 3.8) is 0 Å². The van der Waals surface area contributed by atoms with Crippen molar-refractivity contribution in [3.8, 4) is 0 Å². The Labute approximate surface area is 147 Å². The minimum absolute atomic E-state index is 0.0166. The van der Waals surface area contributed by atoms with Crippen molar-refractivity contribution >= 4 is 22.6 Å². The number of carbonyl (C=O) groups is 1. The molecule has 1 amide bonds. The predicted molar refractivity (Wildman–Crippen MR) is 99.9 cm³/mol. The summed E-state index contributed by atoms with van der Waals surface area (Å²) in [7, 11) is 3.97. The first-order valence-corrected chi connectivity index (χ1v) is 8.66. The maximum atomic E-state index is 13.1. The summed E-state index contributed by atoms with van der Waals surface area (Å²) in [6.45, 7) is 0.771. The lowest BCUT2D eigenvalue weighted by Crippen LogP contribution is -2.31. The van der Waals surface area contributed by atoms with Crippen LogP contribution in [0.4, 0.5) is 5.69 Å². The fourth-order valence-electron chi connectivity index (χ4n) is 3.51. The first-order valence-electron chi connectivity index (χ1n) is 8.66. The first kappa shape index (κ1) is 15.7. The van der Waals surface area contributed by atoms with Crippen LogP contribution in [0.25, 0.3) is 11.0 Å². The van der Waals surface area contributed by atoms with Crippen molar-refractivity contribution in [2.75, 3.05) is 25.5 Å². The molecule has 0 saturated carbocycles. The minimum Gasteiger partial charge on any atom is -0.378 e. The Bertz CT molecular complexity index is 882. The number of hydrogen-bond donors (Lipinski definition) is 1. The van der Waals surface area contributed by atoms with Crippen LogP contribution in [0.1, 0.15) is 35.1 Å². The molecule has 5 nitrogen and oxygen atoms in total. The number of nitrogens with one attached hydrogen (secondary N) is 1. The zero-order chi connectivity index (χ0) is 17.4. The van der Waals surface area contributed by atoms with E-state index in [1.807, 2.05) is 72.4 Å². The average molecular weight is 334 g/mol. The van der Waals surface area contributed by atoms with Crippen LogP contribution >= 0.6 is 0 Å². The molecule has 1 fully saturated rings. The number of rotatable bonds is 3. The smallest absolute Gasteiger partial charge is 0.254 e. The highest BCUT2D eigenvalue weighted by atomic mass is 16.2. The third kappa shape index (κ3) is 2.86. The lowest BCUT2D eigenvalue weighted by molar-refractivity contribution is 0.0730. The molecule has 2 heterocycles. The number of nitrogens with zero attached hydrogens (tertiary/aromatic N) is 3. The van der Waals surface area contributed by atoms with Gasteiger partial charge in [0, 0.05) is 31.9 Å². The van der Waals surface area contributed by atoms with Crippen LogP contribution in [0, 0.1) is 0 Å². The molecule has 1 atom stereocenters. The highest BCUT2D eigenvalue weighted by molar-refractivity contribution is 5.95. The van der Waals surface area contributed by atoms with Gasteiger partial charge in [-0.15, -0.1) is 0 Å². The van der Waals surface area contributed by atoms with Gasteiger partial charge in [0.25, 0.3) is 5.91 Å². The van der Waals surface area contributed by atoms with E-state index >= 15 is 0 Å². The molecule has 0 bridgehead atoms. The molecule has 3 aromatic rings. The molecule has 0 radical (unpaired) electrons. The van der Waals surface area contributed by atoms with Crippen molar-refractivity contribution in [1.82, 2.24) is 14.9 Å². The van der Waals surface area contributed by atoms with Crippen LogP contribution in [-0.4, -0.2) is 41.4 Å². The van der Waals surface area contributed by atoms with Gasteiger partial charge in [0.15, 0.2) is 0 Å². The molecular weight excluding hydrogens is 312 g/mol. The van der Waals surface area contributed by atoms with Crippen LogP contribution in [0.15, 0.2) is 48.5 Å². The van der Waals surface area contributed by atoms with Crippen LogP contribution in [0.3, 0.4) is 0 Å². The van der Waals surface area contributed by atoms with Gasteiger partial charge < -0.3 is 14.8 Å². The number of fused-ring (bicyclic) bond motifs is 1. The SMILES string of the molecule is CN(C)c1cccc(C(=O)N2CCC[C@H]2c2nc3ccccc3[nH]2)c1. The van der Waals surface area contributed by atoms with E-state index in [1.165, 1.54) is 0 Å². The highest BCUT2D eigenvalue weighted by Crippen LogP contribution is 2.33. The zero-order valence-corrected chi connectivity index (χ0v) is 14.6. The number of hydrogen-bond acceptors (Lipinski definition) is 3. The molecule has 5 heteroatoms. The third-order valence-electron chi connectivity index (χ3n) is 4.85. The van der Waals surface area contributed by atoms with Gasteiger partial charge in [-0.25, -0.2) is 4.98 Å². The fourth-order valence-corrected chi connectivity index (χ4v) is 3.51. The van der Waals surface area contributed by atoms with Gasteiger partial charge in [-0.3, -0.25) is 4.79 Å². The van der Waals surface area contributed by atoms with E-state index in [0.29, 0.717) is 0 Å². The Morgan fingerprint density at radius 1 is 1.20 bits per heavy atom. The number of carbonyl (C=O) groups excluding carboxylic acids is 1. The maximum absolute atomic E-state index is 13.1. The molecule has 0 spiro atoms. The molecular formula is C20H22N4O. The van der Waals surface area contributed by atoms with Gasteiger partial charge >= 0.3 is 0 Å². The van der Waals surface area contributed by atoms with Crippen molar-refractivity contribution in [2.24, 2.45) is 0 Å². The summed E-state index contributed by atoms with van der Waals surface area (Å²) in [5.41, 5.74) is 3.73. The summed E-state index contributed by atoms with van der Waals surface area (Å²) in [5.74, 6) is 0.961. The molecule has 0 aliphatic carbocycles. The number of anilines is 1. The molecule has 1 aliphatic rings. The minimum atomic E-state index is 0.0166. The van der Waals surface area contributed by atoms with Crippen LogP contribution < -0.4 is 4.90 Å². The van der Waals surface area contributed by atoms with Gasteiger partial charge in [-0.05, 0) is 43.2 Å². The fraction of sp³-hybridized carbons (Fsp3) is 0.300. The number of likely N-dealkylation sites (tertiary alicyclic amines) is 1. The summed E-state index contributed by atoms with van der Waals surface area (Å²) >= 11 is 0. The highest BCUT2D eigenvalue weighted by Gasteiger charge is 2.32. The van der Waals surface area contributed by atoms with Crippen molar-refractivity contribution in [2.45, 2.75) is 18.9 Å². The van der Waals surface area contributed by atoms with Gasteiger partial charge in [-0.2, -0.15) is 0 Å².